The number of ether oxygens (including phenoxy) is 1. The first kappa shape index (κ1) is 20.1. The van der Waals surface area contributed by atoms with Crippen molar-refractivity contribution in [1.29, 1.82) is 0 Å². The molecule has 1 aliphatic carbocycles. The first-order valence-corrected chi connectivity index (χ1v) is 11.9. The summed E-state index contributed by atoms with van der Waals surface area (Å²) in [5.41, 5.74) is 1.53. The van der Waals surface area contributed by atoms with Crippen LogP contribution in [0.5, 0.6) is 0 Å². The Kier molecular flexibility index (Phi) is 6.49. The number of nitrogens with one attached hydrogen (secondary N) is 1. The first-order valence-electron chi connectivity index (χ1n) is 11.1. The van der Waals surface area contributed by atoms with E-state index in [-0.39, 0.29) is 11.0 Å². The molecule has 0 radical (unpaired) electrons. The molecule has 1 N–H and O–H groups in total. The second-order valence-corrected chi connectivity index (χ2v) is 9.96. The van der Waals surface area contributed by atoms with E-state index in [0.29, 0.717) is 0 Å². The number of nitrogens with zero attached hydrogens (tertiary/aromatic N) is 1. The lowest BCUT2D eigenvalue weighted by Gasteiger charge is -2.46. The van der Waals surface area contributed by atoms with E-state index < -0.39 is 0 Å². The molecule has 2 aromatic rings. The number of aromatic nitrogens is 1. The second-order valence-electron chi connectivity index (χ2n) is 8.71. The van der Waals surface area contributed by atoms with Crippen LogP contribution >= 0.6 is 11.3 Å². The average molecular weight is 399 g/mol. The van der Waals surface area contributed by atoms with Gasteiger partial charge in [0.2, 0.25) is 0 Å². The van der Waals surface area contributed by atoms with Crippen LogP contribution in [0.2, 0.25) is 0 Å². The molecule has 2 fully saturated rings. The second kappa shape index (κ2) is 9.06. The Morgan fingerprint density at radius 3 is 2.75 bits per heavy atom. The van der Waals surface area contributed by atoms with Crippen LogP contribution < -0.4 is 5.32 Å². The molecule has 0 unspecified atom stereocenters. The standard InChI is InChI=1S/C24H34N2OS/c1-2-7-20-9-10-21(28-20)18-25-16-13-23(22-8-3-6-15-26-22)14-17-27-24(19-23)11-4-5-12-24/h3,6,8-10,15,25H,2,4-5,7,11-14,16-19H2,1H3/t23-/m1/s1. The zero-order valence-corrected chi connectivity index (χ0v) is 18.0. The van der Waals surface area contributed by atoms with Crippen molar-refractivity contribution in [3.8, 4) is 0 Å². The van der Waals surface area contributed by atoms with Crippen molar-refractivity contribution in [3.05, 3.63) is 52.0 Å². The Balaban J connectivity index is 1.41. The van der Waals surface area contributed by atoms with E-state index in [2.05, 4.69) is 36.5 Å². The molecule has 1 saturated heterocycles. The molecule has 4 rings (SSSR count). The molecule has 0 bridgehead atoms. The van der Waals surface area contributed by atoms with E-state index in [9.17, 15) is 0 Å². The molecule has 0 amide bonds. The van der Waals surface area contributed by atoms with Crippen molar-refractivity contribution >= 4 is 11.3 Å². The van der Waals surface area contributed by atoms with Crippen LogP contribution in [-0.4, -0.2) is 23.7 Å². The van der Waals surface area contributed by atoms with E-state index in [0.717, 1.165) is 39.0 Å². The number of rotatable bonds is 8. The van der Waals surface area contributed by atoms with Crippen molar-refractivity contribution in [1.82, 2.24) is 10.3 Å². The molecule has 4 heteroatoms. The molecule has 2 aromatic heterocycles. The lowest BCUT2D eigenvalue weighted by atomic mass is 9.68. The van der Waals surface area contributed by atoms with E-state index in [1.54, 1.807) is 0 Å². The Morgan fingerprint density at radius 1 is 1.11 bits per heavy atom. The summed E-state index contributed by atoms with van der Waals surface area (Å²) in [7, 11) is 0. The van der Waals surface area contributed by atoms with Gasteiger partial charge in [0.25, 0.3) is 0 Å². The third-order valence-electron chi connectivity index (χ3n) is 6.67. The summed E-state index contributed by atoms with van der Waals surface area (Å²) >= 11 is 1.96. The summed E-state index contributed by atoms with van der Waals surface area (Å²) < 4.78 is 6.36. The lowest BCUT2D eigenvalue weighted by Crippen LogP contribution is -2.47. The first-order chi connectivity index (χ1) is 13.7. The van der Waals surface area contributed by atoms with Gasteiger partial charge < -0.3 is 10.1 Å². The van der Waals surface area contributed by atoms with Crippen LogP contribution in [0.25, 0.3) is 0 Å². The zero-order valence-electron chi connectivity index (χ0n) is 17.2. The highest BCUT2D eigenvalue weighted by Crippen LogP contribution is 2.49. The minimum absolute atomic E-state index is 0.110. The van der Waals surface area contributed by atoms with Gasteiger partial charge in [0, 0.05) is 40.2 Å². The number of hydrogen-bond acceptors (Lipinski definition) is 4. The van der Waals surface area contributed by atoms with Gasteiger partial charge in [-0.05, 0) is 69.3 Å². The highest BCUT2D eigenvalue weighted by atomic mass is 32.1. The van der Waals surface area contributed by atoms with Crippen LogP contribution in [0.4, 0.5) is 0 Å². The van der Waals surface area contributed by atoms with E-state index in [1.165, 1.54) is 54.0 Å². The van der Waals surface area contributed by atoms with E-state index >= 15 is 0 Å². The third kappa shape index (κ3) is 4.50. The van der Waals surface area contributed by atoms with E-state index in [1.807, 2.05) is 23.6 Å². The molecule has 1 aliphatic heterocycles. The minimum atomic E-state index is 0.110. The van der Waals surface area contributed by atoms with Crippen molar-refractivity contribution in [2.45, 2.75) is 82.3 Å². The molecular formula is C24H34N2OS. The van der Waals surface area contributed by atoms with Gasteiger partial charge in [0.05, 0.1) is 5.60 Å². The normalized spacial score (nSPS) is 24.0. The molecular weight excluding hydrogens is 364 g/mol. The molecule has 1 spiro atoms. The average Bonchev–Trinajstić information content (AvgIpc) is 3.36. The summed E-state index contributed by atoms with van der Waals surface area (Å²) in [5.74, 6) is 0. The minimum Gasteiger partial charge on any atom is -0.375 e. The maximum atomic E-state index is 6.36. The van der Waals surface area contributed by atoms with Crippen molar-refractivity contribution < 1.29 is 4.74 Å². The van der Waals surface area contributed by atoms with Crippen LogP contribution in [0.1, 0.15) is 73.7 Å². The van der Waals surface area contributed by atoms with Crippen LogP contribution in [0, 0.1) is 0 Å². The largest absolute Gasteiger partial charge is 0.375 e. The lowest BCUT2D eigenvalue weighted by molar-refractivity contribution is -0.104. The molecule has 1 saturated carbocycles. The highest BCUT2D eigenvalue weighted by Gasteiger charge is 2.48. The quantitative estimate of drug-likeness (QED) is 0.585. The maximum absolute atomic E-state index is 6.36. The van der Waals surface area contributed by atoms with Gasteiger partial charge in [-0.15, -0.1) is 11.3 Å². The Bertz CT molecular complexity index is 738. The van der Waals surface area contributed by atoms with Crippen LogP contribution in [-0.2, 0) is 23.1 Å². The summed E-state index contributed by atoms with van der Waals surface area (Å²) in [4.78, 5) is 7.77. The molecule has 1 atom stereocenters. The molecule has 152 valence electrons. The van der Waals surface area contributed by atoms with Gasteiger partial charge >= 0.3 is 0 Å². The number of aryl methyl sites for hydroxylation is 1. The van der Waals surface area contributed by atoms with Crippen molar-refractivity contribution in [2.24, 2.45) is 0 Å². The molecule has 3 heterocycles. The summed E-state index contributed by atoms with van der Waals surface area (Å²) in [5, 5.41) is 3.72. The van der Waals surface area contributed by atoms with Crippen LogP contribution in [0.3, 0.4) is 0 Å². The third-order valence-corrected chi connectivity index (χ3v) is 7.81. The van der Waals surface area contributed by atoms with Gasteiger partial charge in [-0.25, -0.2) is 0 Å². The van der Waals surface area contributed by atoms with Crippen LogP contribution in [0.15, 0.2) is 36.5 Å². The number of hydrogen-bond donors (Lipinski definition) is 1. The predicted octanol–water partition coefficient (Wildman–Crippen LogP) is 5.64. The van der Waals surface area contributed by atoms with Crippen molar-refractivity contribution in [2.75, 3.05) is 13.2 Å². The molecule has 3 nitrogen and oxygen atoms in total. The summed E-state index contributed by atoms with van der Waals surface area (Å²) in [6.45, 7) is 5.14. The fourth-order valence-electron chi connectivity index (χ4n) is 5.23. The Hall–Kier alpha value is -1.23. The fourth-order valence-corrected chi connectivity index (χ4v) is 6.32. The number of thiophene rings is 1. The van der Waals surface area contributed by atoms with Gasteiger partial charge in [0.15, 0.2) is 0 Å². The number of pyridine rings is 1. The molecule has 2 aliphatic rings. The van der Waals surface area contributed by atoms with Crippen molar-refractivity contribution in [3.63, 3.8) is 0 Å². The summed E-state index contributed by atoms with van der Waals surface area (Å²) in [6.07, 6.45) is 12.8. The maximum Gasteiger partial charge on any atom is 0.0691 e. The van der Waals surface area contributed by atoms with Gasteiger partial charge in [0.1, 0.15) is 0 Å². The summed E-state index contributed by atoms with van der Waals surface area (Å²) in [6, 6.07) is 11.0. The van der Waals surface area contributed by atoms with Gasteiger partial charge in [-0.2, -0.15) is 0 Å². The zero-order chi connectivity index (χ0) is 19.3. The monoisotopic (exact) mass is 398 g/mol. The predicted molar refractivity (Wildman–Crippen MR) is 117 cm³/mol. The highest BCUT2D eigenvalue weighted by molar-refractivity contribution is 7.11. The fraction of sp³-hybridized carbons (Fsp3) is 0.625. The smallest absolute Gasteiger partial charge is 0.0691 e. The molecule has 0 aromatic carbocycles. The van der Waals surface area contributed by atoms with Gasteiger partial charge in [-0.3, -0.25) is 4.98 Å². The van der Waals surface area contributed by atoms with Gasteiger partial charge in [-0.1, -0.05) is 32.3 Å². The SMILES string of the molecule is CCCc1ccc(CNCC[C@@]2(c3ccccn3)CCOC3(CCCC3)C2)s1. The topological polar surface area (TPSA) is 34.2 Å². The Labute approximate surface area is 173 Å². The molecule has 28 heavy (non-hydrogen) atoms. The Morgan fingerprint density at radius 2 is 1.96 bits per heavy atom. The van der Waals surface area contributed by atoms with E-state index in [4.69, 9.17) is 9.72 Å².